The van der Waals surface area contributed by atoms with Crippen LogP contribution in [-0.4, -0.2) is 43.2 Å². The third kappa shape index (κ3) is 4.24. The van der Waals surface area contributed by atoms with Crippen molar-refractivity contribution in [3.63, 3.8) is 0 Å². The summed E-state index contributed by atoms with van der Waals surface area (Å²) in [6, 6.07) is 4.92. The maximum Gasteiger partial charge on any atom is 0.254 e. The fourth-order valence-corrected chi connectivity index (χ4v) is 2.81. The Morgan fingerprint density at radius 2 is 2.14 bits per heavy atom. The number of amides is 1. The lowest BCUT2D eigenvalue weighted by Crippen LogP contribution is -2.51. The number of halogens is 3. The van der Waals surface area contributed by atoms with Crippen LogP contribution in [0.5, 0.6) is 0 Å². The summed E-state index contributed by atoms with van der Waals surface area (Å²) in [6.07, 6.45) is 1.75. The van der Waals surface area contributed by atoms with Crippen LogP contribution in [0.4, 0.5) is 0 Å². The summed E-state index contributed by atoms with van der Waals surface area (Å²) in [7, 11) is 1.69. The summed E-state index contributed by atoms with van der Waals surface area (Å²) in [5.74, 6) is -0.0615. The zero-order valence-corrected chi connectivity index (χ0v) is 14.0. The first-order valence-electron chi connectivity index (χ1n) is 6.55. The fraction of sp³-hybridized carbons (Fsp3) is 0.500. The first-order chi connectivity index (χ1) is 9.56. The Labute approximate surface area is 140 Å². The lowest BCUT2D eigenvalue weighted by atomic mass is 9.98. The smallest absolute Gasteiger partial charge is 0.254 e. The van der Waals surface area contributed by atoms with Gasteiger partial charge in [0.25, 0.3) is 5.91 Å². The van der Waals surface area contributed by atoms with E-state index < -0.39 is 0 Å². The number of carbonyl (C=O) groups is 1. The van der Waals surface area contributed by atoms with Crippen molar-refractivity contribution in [2.24, 2.45) is 5.73 Å². The van der Waals surface area contributed by atoms with E-state index in [0.717, 1.165) is 12.8 Å². The van der Waals surface area contributed by atoms with Crippen molar-refractivity contribution in [1.29, 1.82) is 0 Å². The molecule has 2 atom stereocenters. The Bertz CT molecular complexity index is 499. The van der Waals surface area contributed by atoms with Crippen LogP contribution < -0.4 is 5.73 Å². The molecular weight excluding hydrogens is 335 g/mol. The summed E-state index contributed by atoms with van der Waals surface area (Å²) in [5.41, 5.74) is 6.32. The molecule has 1 aromatic rings. The number of benzene rings is 1. The average Bonchev–Trinajstić information content (AvgIpc) is 2.48. The van der Waals surface area contributed by atoms with Crippen LogP contribution in [0.25, 0.3) is 0 Å². The molecule has 0 spiro atoms. The van der Waals surface area contributed by atoms with Crippen LogP contribution in [0, 0.1) is 0 Å². The summed E-state index contributed by atoms with van der Waals surface area (Å²) >= 11 is 11.8. The number of nitrogens with zero attached hydrogens (tertiary/aromatic N) is 1. The molecule has 0 radical (unpaired) electrons. The molecule has 1 fully saturated rings. The van der Waals surface area contributed by atoms with Gasteiger partial charge in [-0.15, -0.1) is 12.4 Å². The second-order valence-corrected chi connectivity index (χ2v) is 5.71. The predicted octanol–water partition coefficient (Wildman–Crippen LogP) is 2.99. The largest absolute Gasteiger partial charge is 0.381 e. The molecule has 0 aliphatic carbocycles. The number of ether oxygens (including phenoxy) is 1. The van der Waals surface area contributed by atoms with Gasteiger partial charge in [0, 0.05) is 31.8 Å². The Balaban J connectivity index is 0.00000220. The average molecular weight is 354 g/mol. The van der Waals surface area contributed by atoms with Gasteiger partial charge in [0.15, 0.2) is 0 Å². The highest BCUT2D eigenvalue weighted by molar-refractivity contribution is 6.42. The van der Waals surface area contributed by atoms with Gasteiger partial charge in [-0.25, -0.2) is 0 Å². The Kier molecular flexibility index (Phi) is 7.24. The van der Waals surface area contributed by atoms with Crippen LogP contribution in [0.15, 0.2) is 18.2 Å². The fourth-order valence-electron chi connectivity index (χ4n) is 2.51. The molecule has 2 rings (SSSR count). The molecule has 2 N–H and O–H groups in total. The van der Waals surface area contributed by atoms with Gasteiger partial charge in [-0.1, -0.05) is 23.2 Å². The molecule has 1 aromatic carbocycles. The third-order valence-electron chi connectivity index (χ3n) is 3.70. The number of hydrogen-bond donors (Lipinski definition) is 1. The molecule has 1 saturated heterocycles. The van der Waals surface area contributed by atoms with Crippen molar-refractivity contribution in [3.05, 3.63) is 33.8 Å². The predicted molar refractivity (Wildman–Crippen MR) is 87.6 cm³/mol. The van der Waals surface area contributed by atoms with Gasteiger partial charge >= 0.3 is 0 Å². The molecule has 118 valence electrons. The SMILES string of the molecule is COC1CCN(C(=O)c2ccc(Cl)c(Cl)c2)C(CN)C1.Cl. The van der Waals surface area contributed by atoms with Crippen molar-refractivity contribution >= 4 is 41.5 Å². The number of rotatable bonds is 3. The van der Waals surface area contributed by atoms with Crippen molar-refractivity contribution in [3.8, 4) is 0 Å². The van der Waals surface area contributed by atoms with Crippen LogP contribution in [0.3, 0.4) is 0 Å². The van der Waals surface area contributed by atoms with Crippen molar-refractivity contribution < 1.29 is 9.53 Å². The second-order valence-electron chi connectivity index (χ2n) is 4.90. The van der Waals surface area contributed by atoms with E-state index >= 15 is 0 Å². The van der Waals surface area contributed by atoms with Gasteiger partial charge in [0.2, 0.25) is 0 Å². The minimum absolute atomic E-state index is 0. The van der Waals surface area contributed by atoms with E-state index in [4.69, 9.17) is 33.7 Å². The number of hydrogen-bond acceptors (Lipinski definition) is 3. The van der Waals surface area contributed by atoms with Gasteiger partial charge in [-0.05, 0) is 31.0 Å². The van der Waals surface area contributed by atoms with E-state index in [1.54, 1.807) is 30.2 Å². The number of carbonyl (C=O) groups excluding carboxylic acids is 1. The van der Waals surface area contributed by atoms with Crippen LogP contribution in [-0.2, 0) is 4.74 Å². The zero-order chi connectivity index (χ0) is 14.7. The van der Waals surface area contributed by atoms with Crippen LogP contribution >= 0.6 is 35.6 Å². The highest BCUT2D eigenvalue weighted by Gasteiger charge is 2.31. The molecule has 0 bridgehead atoms. The topological polar surface area (TPSA) is 55.6 Å². The van der Waals surface area contributed by atoms with Gasteiger partial charge in [0.1, 0.15) is 0 Å². The first-order valence-corrected chi connectivity index (χ1v) is 7.31. The molecule has 1 aliphatic rings. The maximum absolute atomic E-state index is 12.6. The molecule has 4 nitrogen and oxygen atoms in total. The molecule has 1 aliphatic heterocycles. The van der Waals surface area contributed by atoms with E-state index in [-0.39, 0.29) is 30.5 Å². The zero-order valence-electron chi connectivity index (χ0n) is 11.7. The molecule has 2 unspecified atom stereocenters. The number of piperidine rings is 1. The molecule has 0 aromatic heterocycles. The van der Waals surface area contributed by atoms with Crippen LogP contribution in [0.1, 0.15) is 23.2 Å². The molecule has 1 heterocycles. The Morgan fingerprint density at radius 1 is 1.43 bits per heavy atom. The standard InChI is InChI=1S/C14H18Cl2N2O2.ClH/c1-20-11-4-5-18(10(7-11)8-17)14(19)9-2-3-12(15)13(16)6-9;/h2-3,6,10-11H,4-5,7-8,17H2,1H3;1H. The van der Waals surface area contributed by atoms with Gasteiger partial charge < -0.3 is 15.4 Å². The van der Waals surface area contributed by atoms with E-state index in [0.29, 0.717) is 28.7 Å². The molecule has 1 amide bonds. The van der Waals surface area contributed by atoms with E-state index in [2.05, 4.69) is 0 Å². The number of nitrogens with two attached hydrogens (primary N) is 1. The summed E-state index contributed by atoms with van der Waals surface area (Å²) in [4.78, 5) is 14.4. The lowest BCUT2D eigenvalue weighted by molar-refractivity contribution is 0.0139. The van der Waals surface area contributed by atoms with Crippen molar-refractivity contribution in [2.45, 2.75) is 25.0 Å². The number of methoxy groups -OCH3 is 1. The second kappa shape index (κ2) is 8.20. The Morgan fingerprint density at radius 3 is 2.71 bits per heavy atom. The van der Waals surface area contributed by atoms with Gasteiger partial charge in [0.05, 0.1) is 16.1 Å². The van der Waals surface area contributed by atoms with Crippen molar-refractivity contribution in [1.82, 2.24) is 4.90 Å². The summed E-state index contributed by atoms with van der Waals surface area (Å²) in [6.45, 7) is 1.06. The lowest BCUT2D eigenvalue weighted by Gasteiger charge is -2.38. The van der Waals surface area contributed by atoms with Gasteiger partial charge in [-0.2, -0.15) is 0 Å². The first kappa shape index (κ1) is 18.5. The van der Waals surface area contributed by atoms with Crippen molar-refractivity contribution in [2.75, 3.05) is 20.2 Å². The maximum atomic E-state index is 12.6. The Hall–Kier alpha value is -0.520. The molecular formula is C14H19Cl3N2O2. The summed E-state index contributed by atoms with van der Waals surface area (Å²) < 4.78 is 5.36. The van der Waals surface area contributed by atoms with E-state index in [1.807, 2.05) is 0 Å². The quantitative estimate of drug-likeness (QED) is 0.909. The number of likely N-dealkylation sites (tertiary alicyclic amines) is 1. The molecule has 7 heteroatoms. The van der Waals surface area contributed by atoms with Gasteiger partial charge in [-0.3, -0.25) is 4.79 Å². The van der Waals surface area contributed by atoms with Crippen LogP contribution in [0.2, 0.25) is 10.0 Å². The highest BCUT2D eigenvalue weighted by atomic mass is 35.5. The minimum Gasteiger partial charge on any atom is -0.381 e. The van der Waals surface area contributed by atoms with E-state index in [9.17, 15) is 4.79 Å². The third-order valence-corrected chi connectivity index (χ3v) is 4.44. The highest BCUT2D eigenvalue weighted by Crippen LogP contribution is 2.26. The molecule has 0 saturated carbocycles. The normalized spacial score (nSPS) is 21.8. The minimum atomic E-state index is -0.0615. The molecule has 21 heavy (non-hydrogen) atoms. The summed E-state index contributed by atoms with van der Waals surface area (Å²) in [5, 5.41) is 0.824. The van der Waals surface area contributed by atoms with E-state index in [1.165, 1.54) is 0 Å². The monoisotopic (exact) mass is 352 g/mol.